The van der Waals surface area contributed by atoms with Crippen LogP contribution >= 0.6 is 23.1 Å². The van der Waals surface area contributed by atoms with E-state index in [0.717, 1.165) is 15.9 Å². The Bertz CT molecular complexity index is 1230. The lowest BCUT2D eigenvalue weighted by atomic mass is 10.3. The van der Waals surface area contributed by atoms with Crippen LogP contribution in [0.4, 0.5) is 0 Å². The molecule has 0 unspecified atom stereocenters. The third-order valence-corrected chi connectivity index (χ3v) is 6.47. The van der Waals surface area contributed by atoms with E-state index in [0.29, 0.717) is 17.6 Å². The van der Waals surface area contributed by atoms with Gasteiger partial charge in [-0.15, -0.1) is 10.2 Å². The summed E-state index contributed by atoms with van der Waals surface area (Å²) < 4.78 is 9.63. The second kappa shape index (κ2) is 8.85. The summed E-state index contributed by atoms with van der Waals surface area (Å²) in [6, 6.07) is 17.4. The zero-order valence-electron chi connectivity index (χ0n) is 16.5. The summed E-state index contributed by atoms with van der Waals surface area (Å²) in [5.74, 6) is 0.317. The molecule has 0 N–H and O–H groups in total. The molecule has 4 rings (SSSR count). The molecule has 4 aromatic rings. The Morgan fingerprint density at radius 3 is 2.63 bits per heavy atom. The van der Waals surface area contributed by atoms with Crippen LogP contribution in [0.25, 0.3) is 15.9 Å². The SMILES string of the molecule is CCOC(=O)[C@@H](C)Sc1nnc(Cn2c(=O)sc3ccccc32)n1-c1ccccc1. The van der Waals surface area contributed by atoms with Gasteiger partial charge in [-0.3, -0.25) is 18.7 Å². The summed E-state index contributed by atoms with van der Waals surface area (Å²) >= 11 is 2.49. The average molecular weight is 441 g/mol. The molecule has 0 fully saturated rings. The lowest BCUT2D eigenvalue weighted by Crippen LogP contribution is -2.18. The molecule has 1 atom stereocenters. The number of benzene rings is 2. The van der Waals surface area contributed by atoms with Gasteiger partial charge in [-0.1, -0.05) is 53.4 Å². The van der Waals surface area contributed by atoms with Crippen molar-refractivity contribution in [1.29, 1.82) is 0 Å². The normalized spacial score (nSPS) is 12.2. The van der Waals surface area contributed by atoms with E-state index >= 15 is 0 Å². The first-order valence-electron chi connectivity index (χ1n) is 9.50. The molecule has 2 aromatic heterocycles. The number of nitrogens with zero attached hydrogens (tertiary/aromatic N) is 4. The number of ether oxygens (including phenoxy) is 1. The van der Waals surface area contributed by atoms with Crippen molar-refractivity contribution in [2.24, 2.45) is 0 Å². The van der Waals surface area contributed by atoms with Crippen LogP contribution in [-0.4, -0.2) is 37.2 Å². The number of hydrogen-bond donors (Lipinski definition) is 0. The summed E-state index contributed by atoms with van der Waals surface area (Å²) in [4.78, 5) is 24.7. The van der Waals surface area contributed by atoms with Gasteiger partial charge in [0.2, 0.25) is 0 Å². The molecule has 2 heterocycles. The summed E-state index contributed by atoms with van der Waals surface area (Å²) in [6.45, 7) is 4.17. The van der Waals surface area contributed by atoms with E-state index in [1.54, 1.807) is 18.4 Å². The van der Waals surface area contributed by atoms with E-state index in [-0.39, 0.29) is 17.4 Å². The van der Waals surface area contributed by atoms with Gasteiger partial charge < -0.3 is 4.74 Å². The molecule has 9 heteroatoms. The van der Waals surface area contributed by atoms with Crippen LogP contribution in [0.15, 0.2) is 64.5 Å². The van der Waals surface area contributed by atoms with Crippen LogP contribution in [0.5, 0.6) is 0 Å². The van der Waals surface area contributed by atoms with Crippen molar-refractivity contribution in [3.63, 3.8) is 0 Å². The fraction of sp³-hybridized carbons (Fsp3) is 0.238. The molecular formula is C21H20N4O3S2. The number of hydrogen-bond acceptors (Lipinski definition) is 7. The minimum absolute atomic E-state index is 0.0482. The number of rotatable bonds is 7. The maximum absolute atomic E-state index is 12.6. The van der Waals surface area contributed by atoms with E-state index < -0.39 is 5.25 Å². The monoisotopic (exact) mass is 440 g/mol. The highest BCUT2D eigenvalue weighted by Crippen LogP contribution is 2.27. The van der Waals surface area contributed by atoms with Crippen LogP contribution in [0.1, 0.15) is 19.7 Å². The van der Waals surface area contributed by atoms with Crippen molar-refractivity contribution in [2.75, 3.05) is 6.61 Å². The molecule has 0 bridgehead atoms. The third kappa shape index (κ3) is 4.03. The van der Waals surface area contributed by atoms with Crippen LogP contribution in [0.2, 0.25) is 0 Å². The Morgan fingerprint density at radius 2 is 1.87 bits per heavy atom. The van der Waals surface area contributed by atoms with Crippen molar-refractivity contribution in [2.45, 2.75) is 30.8 Å². The number of fused-ring (bicyclic) bond motifs is 1. The Morgan fingerprint density at radius 1 is 1.13 bits per heavy atom. The third-order valence-electron chi connectivity index (χ3n) is 4.49. The molecule has 0 amide bonds. The largest absolute Gasteiger partial charge is 0.465 e. The standard InChI is InChI=1S/C21H20N4O3S2/c1-3-28-19(26)14(2)29-20-23-22-18(25(20)15-9-5-4-6-10-15)13-24-16-11-7-8-12-17(16)30-21(24)27/h4-12,14H,3,13H2,1-2H3/t14-/m1/s1. The van der Waals surface area contributed by atoms with Gasteiger partial charge in [0.05, 0.1) is 23.4 Å². The van der Waals surface area contributed by atoms with Crippen LogP contribution in [0, 0.1) is 0 Å². The lowest BCUT2D eigenvalue weighted by molar-refractivity contribution is -0.142. The Balaban J connectivity index is 1.75. The van der Waals surface area contributed by atoms with Crippen molar-refractivity contribution in [1.82, 2.24) is 19.3 Å². The summed E-state index contributed by atoms with van der Waals surface area (Å²) in [7, 11) is 0. The van der Waals surface area contributed by atoms with Gasteiger partial charge in [0.25, 0.3) is 0 Å². The van der Waals surface area contributed by atoms with E-state index in [9.17, 15) is 9.59 Å². The number of para-hydroxylation sites is 2. The summed E-state index contributed by atoms with van der Waals surface area (Å²) in [6.07, 6.45) is 0. The molecule has 0 spiro atoms. The number of thioether (sulfide) groups is 1. The molecule has 0 saturated carbocycles. The summed E-state index contributed by atoms with van der Waals surface area (Å²) in [5.41, 5.74) is 1.73. The van der Waals surface area contributed by atoms with Crippen molar-refractivity contribution in [3.05, 3.63) is 70.1 Å². The van der Waals surface area contributed by atoms with Gasteiger partial charge in [0.1, 0.15) is 5.25 Å². The first-order valence-corrected chi connectivity index (χ1v) is 11.2. The molecule has 30 heavy (non-hydrogen) atoms. The zero-order valence-corrected chi connectivity index (χ0v) is 18.2. The van der Waals surface area contributed by atoms with Crippen molar-refractivity contribution < 1.29 is 9.53 Å². The van der Waals surface area contributed by atoms with Crippen LogP contribution < -0.4 is 4.87 Å². The molecule has 0 aliphatic carbocycles. The predicted molar refractivity (Wildman–Crippen MR) is 118 cm³/mol. The van der Waals surface area contributed by atoms with E-state index in [2.05, 4.69) is 10.2 Å². The Kier molecular flexibility index (Phi) is 6.01. The highest BCUT2D eigenvalue weighted by atomic mass is 32.2. The van der Waals surface area contributed by atoms with Gasteiger partial charge in [0.15, 0.2) is 11.0 Å². The second-order valence-corrected chi connectivity index (χ2v) is 8.80. The van der Waals surface area contributed by atoms with E-state index in [4.69, 9.17) is 4.74 Å². The zero-order chi connectivity index (χ0) is 21.1. The average Bonchev–Trinajstić information content (AvgIpc) is 3.29. The van der Waals surface area contributed by atoms with Crippen LogP contribution in [0.3, 0.4) is 0 Å². The molecule has 0 aliphatic rings. The fourth-order valence-corrected chi connectivity index (χ4v) is 4.86. The fourth-order valence-electron chi connectivity index (χ4n) is 3.09. The smallest absolute Gasteiger partial charge is 0.319 e. The van der Waals surface area contributed by atoms with E-state index in [1.807, 2.05) is 59.2 Å². The first kappa shape index (κ1) is 20.4. The molecule has 154 valence electrons. The minimum Gasteiger partial charge on any atom is -0.465 e. The molecule has 2 aromatic carbocycles. The molecule has 0 radical (unpaired) electrons. The van der Waals surface area contributed by atoms with E-state index in [1.165, 1.54) is 23.1 Å². The lowest BCUT2D eigenvalue weighted by Gasteiger charge is -2.13. The van der Waals surface area contributed by atoms with Gasteiger partial charge in [0, 0.05) is 5.69 Å². The highest BCUT2D eigenvalue weighted by Gasteiger charge is 2.22. The predicted octanol–water partition coefficient (Wildman–Crippen LogP) is 3.74. The van der Waals surface area contributed by atoms with Gasteiger partial charge in [-0.05, 0) is 38.1 Å². The first-order chi connectivity index (χ1) is 14.6. The maximum Gasteiger partial charge on any atom is 0.319 e. The number of esters is 1. The quantitative estimate of drug-likeness (QED) is 0.322. The highest BCUT2D eigenvalue weighted by molar-refractivity contribution is 8.00. The number of aromatic nitrogens is 4. The van der Waals surface area contributed by atoms with Gasteiger partial charge in [-0.25, -0.2) is 0 Å². The summed E-state index contributed by atoms with van der Waals surface area (Å²) in [5, 5.41) is 8.82. The number of thiazole rings is 1. The maximum atomic E-state index is 12.6. The number of carbonyl (C=O) groups is 1. The second-order valence-electron chi connectivity index (χ2n) is 6.50. The number of carbonyl (C=O) groups excluding carboxylic acids is 1. The molecule has 0 saturated heterocycles. The van der Waals surface area contributed by atoms with Gasteiger partial charge in [-0.2, -0.15) is 0 Å². The topological polar surface area (TPSA) is 79.0 Å². The molecule has 0 aliphatic heterocycles. The minimum atomic E-state index is -0.436. The van der Waals surface area contributed by atoms with Crippen molar-refractivity contribution in [3.8, 4) is 5.69 Å². The van der Waals surface area contributed by atoms with Crippen LogP contribution in [-0.2, 0) is 16.1 Å². The molecule has 7 nitrogen and oxygen atoms in total. The molecular weight excluding hydrogens is 420 g/mol. The van der Waals surface area contributed by atoms with Crippen molar-refractivity contribution >= 4 is 39.3 Å². The Hall–Kier alpha value is -2.91. The Labute approximate surface area is 181 Å². The van der Waals surface area contributed by atoms with Gasteiger partial charge >= 0.3 is 10.8 Å².